The number of ether oxygens (including phenoxy) is 1. The highest BCUT2D eigenvalue weighted by molar-refractivity contribution is 6.09. The van der Waals surface area contributed by atoms with E-state index in [1.54, 1.807) is 0 Å². The zero-order chi connectivity index (χ0) is 28.1. The molecule has 1 aromatic heterocycles. The van der Waals surface area contributed by atoms with Gasteiger partial charge in [0.05, 0.1) is 23.2 Å². The Labute approximate surface area is 256 Å². The minimum absolute atomic E-state index is 0.403. The molecule has 4 aromatic rings. The molecule has 10 atom stereocenters. The Hall–Kier alpha value is -2.62. The first-order valence-corrected chi connectivity index (χ1v) is 17.8. The largest absolute Gasteiger partial charge is 0.372 e. The molecule has 0 radical (unpaired) electrons. The lowest BCUT2D eigenvalue weighted by molar-refractivity contribution is -0.253. The van der Waals surface area contributed by atoms with Crippen LogP contribution in [-0.4, -0.2) is 39.8 Å². The molecule has 222 valence electrons. The number of para-hydroxylation sites is 2. The Kier molecular flexibility index (Phi) is 5.94. The molecule has 3 heteroatoms. The van der Waals surface area contributed by atoms with Gasteiger partial charge in [0, 0.05) is 34.6 Å². The molecule has 10 unspecified atom stereocenters. The van der Waals surface area contributed by atoms with E-state index in [4.69, 9.17) is 4.74 Å². The fourth-order valence-corrected chi connectivity index (χ4v) is 12.0. The summed E-state index contributed by atoms with van der Waals surface area (Å²) in [4.78, 5) is 3.20. The molecular formula is C40H46N2O. The molecule has 3 aromatic carbocycles. The number of hydrogen-bond donors (Lipinski definition) is 0. The molecule has 0 N–H and O–H groups in total. The summed E-state index contributed by atoms with van der Waals surface area (Å²) in [7, 11) is 0. The van der Waals surface area contributed by atoms with Gasteiger partial charge in [0.15, 0.2) is 0 Å². The minimum Gasteiger partial charge on any atom is -0.372 e. The predicted octanol–water partition coefficient (Wildman–Crippen LogP) is 9.26. The van der Waals surface area contributed by atoms with E-state index in [2.05, 4.69) is 82.3 Å². The molecule has 4 aliphatic carbocycles. The second-order valence-corrected chi connectivity index (χ2v) is 15.2. The highest BCUT2D eigenvalue weighted by Crippen LogP contribution is 2.59. The number of fused-ring (bicyclic) bond motifs is 8. The minimum atomic E-state index is 0.403. The first kappa shape index (κ1) is 25.7. The summed E-state index contributed by atoms with van der Waals surface area (Å²) in [6.07, 6.45) is 17.8. The van der Waals surface area contributed by atoms with Gasteiger partial charge in [-0.15, -0.1) is 0 Å². The van der Waals surface area contributed by atoms with Crippen LogP contribution in [-0.2, 0) is 4.74 Å². The lowest BCUT2D eigenvalue weighted by Gasteiger charge is -2.68. The van der Waals surface area contributed by atoms with E-state index in [1.807, 2.05) is 0 Å². The van der Waals surface area contributed by atoms with Gasteiger partial charge in [-0.25, -0.2) is 0 Å². The number of hydrogen-bond acceptors (Lipinski definition) is 2. The van der Waals surface area contributed by atoms with Crippen molar-refractivity contribution in [3.05, 3.63) is 78.4 Å². The average Bonchev–Trinajstić information content (AvgIpc) is 3.41. The third kappa shape index (κ3) is 3.80. The molecule has 4 saturated carbocycles. The number of piperidine rings is 1. The summed E-state index contributed by atoms with van der Waals surface area (Å²) in [5.74, 6) is 4.46. The highest BCUT2D eigenvalue weighted by atomic mass is 16.5. The van der Waals surface area contributed by atoms with E-state index >= 15 is 0 Å². The number of benzene rings is 3. The Balaban J connectivity index is 0.995. The quantitative estimate of drug-likeness (QED) is 0.239. The second-order valence-electron chi connectivity index (χ2n) is 15.2. The lowest BCUT2D eigenvalue weighted by Crippen LogP contribution is -2.74. The molecule has 2 aliphatic heterocycles. The Morgan fingerprint density at radius 2 is 1.44 bits per heavy atom. The van der Waals surface area contributed by atoms with Gasteiger partial charge in [0.1, 0.15) is 0 Å². The average molecular weight is 571 g/mol. The molecule has 6 fully saturated rings. The van der Waals surface area contributed by atoms with E-state index < -0.39 is 0 Å². The van der Waals surface area contributed by atoms with Gasteiger partial charge >= 0.3 is 0 Å². The molecular weight excluding hydrogens is 524 g/mol. The molecule has 6 aliphatic rings. The number of rotatable bonds is 2. The smallest absolute Gasteiger partial charge is 0.0740 e. The van der Waals surface area contributed by atoms with Crippen molar-refractivity contribution in [1.29, 1.82) is 0 Å². The van der Waals surface area contributed by atoms with Crippen LogP contribution in [0.2, 0.25) is 0 Å². The van der Waals surface area contributed by atoms with E-state index in [1.165, 1.54) is 110 Å². The molecule has 10 rings (SSSR count). The molecule has 43 heavy (non-hydrogen) atoms. The van der Waals surface area contributed by atoms with Crippen LogP contribution in [0.5, 0.6) is 0 Å². The third-order valence-electron chi connectivity index (χ3n) is 13.5. The standard InChI is InChI=1S/C40H46N2O/c1-2-10-28(11-3-1)41-33-15-6-5-13-30(33)32-23-26(17-20-35(32)41)27-18-21-36-38(24-27)43-37-22-19-25-9-8-14-31-29-12-4-7-16-34(29)42(36)40(37)39(25)31/h1-3,5-6,10-11,13,15,17,20,23,25,27,29,31,34,36-40H,4,7-9,12,14,16,18-19,21-22,24H2. The van der Waals surface area contributed by atoms with E-state index in [0.717, 1.165) is 35.8 Å². The topological polar surface area (TPSA) is 17.4 Å². The lowest BCUT2D eigenvalue weighted by atomic mass is 9.53. The molecule has 0 amide bonds. The maximum atomic E-state index is 7.30. The van der Waals surface area contributed by atoms with Gasteiger partial charge in [-0.1, -0.05) is 68.1 Å². The van der Waals surface area contributed by atoms with Crippen molar-refractivity contribution in [2.24, 2.45) is 23.7 Å². The molecule has 3 nitrogen and oxygen atoms in total. The summed E-state index contributed by atoms with van der Waals surface area (Å²) in [5, 5.41) is 2.76. The van der Waals surface area contributed by atoms with Crippen molar-refractivity contribution in [2.75, 3.05) is 0 Å². The SMILES string of the molecule is c1ccc(-n2c3ccccc3c3cc(C4CCC5C(C4)OC4CCC6CCCC7C8CCCCC8N5C4C67)ccc32)cc1. The maximum Gasteiger partial charge on any atom is 0.0740 e. The van der Waals surface area contributed by atoms with Gasteiger partial charge < -0.3 is 9.30 Å². The van der Waals surface area contributed by atoms with Crippen LogP contribution in [0.4, 0.5) is 0 Å². The fourth-order valence-electron chi connectivity index (χ4n) is 12.0. The molecule has 2 saturated heterocycles. The Morgan fingerprint density at radius 3 is 2.40 bits per heavy atom. The summed E-state index contributed by atoms with van der Waals surface area (Å²) >= 11 is 0. The predicted molar refractivity (Wildman–Crippen MR) is 175 cm³/mol. The van der Waals surface area contributed by atoms with Crippen molar-refractivity contribution < 1.29 is 4.74 Å². The van der Waals surface area contributed by atoms with E-state index in [9.17, 15) is 0 Å². The van der Waals surface area contributed by atoms with Crippen molar-refractivity contribution in [3.8, 4) is 5.69 Å². The van der Waals surface area contributed by atoms with Crippen LogP contribution >= 0.6 is 0 Å². The number of aromatic nitrogens is 1. The van der Waals surface area contributed by atoms with E-state index in [-0.39, 0.29) is 0 Å². The monoisotopic (exact) mass is 570 g/mol. The highest BCUT2D eigenvalue weighted by Gasteiger charge is 2.61. The van der Waals surface area contributed by atoms with Crippen molar-refractivity contribution >= 4 is 21.8 Å². The summed E-state index contributed by atoms with van der Waals surface area (Å²) in [6, 6.07) is 29.5. The summed E-state index contributed by atoms with van der Waals surface area (Å²) < 4.78 is 9.75. The van der Waals surface area contributed by atoms with Gasteiger partial charge in [0.25, 0.3) is 0 Å². The summed E-state index contributed by atoms with van der Waals surface area (Å²) in [5.41, 5.74) is 5.38. The van der Waals surface area contributed by atoms with Crippen molar-refractivity contribution in [2.45, 2.75) is 113 Å². The number of morpholine rings is 1. The third-order valence-corrected chi connectivity index (χ3v) is 13.5. The van der Waals surface area contributed by atoms with Gasteiger partial charge in [0.2, 0.25) is 0 Å². The zero-order valence-electron chi connectivity index (χ0n) is 25.5. The zero-order valence-corrected chi connectivity index (χ0v) is 25.5. The van der Waals surface area contributed by atoms with Crippen molar-refractivity contribution in [3.63, 3.8) is 0 Å². The Morgan fingerprint density at radius 1 is 0.605 bits per heavy atom. The van der Waals surface area contributed by atoms with E-state index in [0.29, 0.717) is 24.2 Å². The maximum absolute atomic E-state index is 7.30. The summed E-state index contributed by atoms with van der Waals surface area (Å²) in [6.45, 7) is 0. The fraction of sp³-hybridized carbons (Fsp3) is 0.550. The first-order valence-electron chi connectivity index (χ1n) is 17.8. The van der Waals surface area contributed by atoms with Crippen molar-refractivity contribution in [1.82, 2.24) is 9.47 Å². The molecule has 0 bridgehead atoms. The van der Waals surface area contributed by atoms with Crippen LogP contribution in [0.15, 0.2) is 72.8 Å². The molecule has 3 heterocycles. The van der Waals surface area contributed by atoms with Crippen LogP contribution < -0.4 is 0 Å². The Bertz CT molecular complexity index is 1660. The van der Waals surface area contributed by atoms with Gasteiger partial charge in [-0.3, -0.25) is 4.90 Å². The van der Waals surface area contributed by atoms with Crippen LogP contribution in [0.3, 0.4) is 0 Å². The number of nitrogens with zero attached hydrogens (tertiary/aromatic N) is 2. The molecule has 0 spiro atoms. The van der Waals surface area contributed by atoms with Crippen LogP contribution in [0.25, 0.3) is 27.5 Å². The van der Waals surface area contributed by atoms with Crippen LogP contribution in [0.1, 0.15) is 88.5 Å². The van der Waals surface area contributed by atoms with Crippen LogP contribution in [0, 0.1) is 23.7 Å². The normalized spacial score (nSPS) is 38.8. The van der Waals surface area contributed by atoms with Gasteiger partial charge in [-0.2, -0.15) is 0 Å². The van der Waals surface area contributed by atoms with Gasteiger partial charge in [-0.05, 0) is 117 Å². The second kappa shape index (κ2) is 9.94. The first-order chi connectivity index (χ1) is 21.3.